The summed E-state index contributed by atoms with van der Waals surface area (Å²) >= 11 is 1.26. The van der Waals surface area contributed by atoms with E-state index in [-0.39, 0.29) is 11.3 Å². The number of H-pyrrole nitrogens is 1. The molecule has 0 aliphatic carbocycles. The number of nitrogens with one attached hydrogen (secondary N) is 1. The highest BCUT2D eigenvalue weighted by Gasteiger charge is 2.16. The van der Waals surface area contributed by atoms with Gasteiger partial charge in [0.05, 0.1) is 11.3 Å². The van der Waals surface area contributed by atoms with E-state index in [1.807, 2.05) is 13.8 Å². The fourth-order valence-electron chi connectivity index (χ4n) is 1.74. The molecule has 0 aliphatic heterocycles. The van der Waals surface area contributed by atoms with Crippen molar-refractivity contribution in [2.24, 2.45) is 0 Å². The van der Waals surface area contributed by atoms with Gasteiger partial charge in [-0.25, -0.2) is 14.3 Å². The Bertz CT molecular complexity index is 754. The van der Waals surface area contributed by atoms with Gasteiger partial charge in [-0.2, -0.15) is 0 Å². The van der Waals surface area contributed by atoms with Gasteiger partial charge in [0, 0.05) is 11.1 Å². The Balaban J connectivity index is 2.74. The molecule has 0 radical (unpaired) electrons. The van der Waals surface area contributed by atoms with Crippen LogP contribution in [-0.4, -0.2) is 20.3 Å². The third kappa shape index (κ3) is 2.28. The molecule has 2 heterocycles. The van der Waals surface area contributed by atoms with E-state index in [4.69, 9.17) is 0 Å². The number of hydrogen-bond acceptors (Lipinski definition) is 5. The first-order valence-electron chi connectivity index (χ1n) is 5.78. The molecule has 7 heteroatoms. The van der Waals surface area contributed by atoms with Crippen molar-refractivity contribution in [3.8, 4) is 5.13 Å². The molecule has 6 nitrogen and oxygen atoms in total. The van der Waals surface area contributed by atoms with Gasteiger partial charge in [0.25, 0.3) is 5.56 Å². The normalized spacial score (nSPS) is 10.7. The molecule has 0 spiro atoms. The van der Waals surface area contributed by atoms with Crippen molar-refractivity contribution in [1.29, 1.82) is 0 Å². The van der Waals surface area contributed by atoms with Crippen molar-refractivity contribution in [2.45, 2.75) is 27.2 Å². The predicted molar refractivity (Wildman–Crippen MR) is 72.5 cm³/mol. The topological polar surface area (TPSA) is 84.8 Å². The van der Waals surface area contributed by atoms with Crippen LogP contribution in [0.3, 0.4) is 0 Å². The lowest BCUT2D eigenvalue weighted by molar-refractivity contribution is 0.101. The van der Waals surface area contributed by atoms with Crippen LogP contribution in [0, 0.1) is 6.92 Å². The van der Waals surface area contributed by atoms with Crippen molar-refractivity contribution < 1.29 is 4.79 Å². The summed E-state index contributed by atoms with van der Waals surface area (Å²) in [5.41, 5.74) is -0.427. The van der Waals surface area contributed by atoms with Crippen LogP contribution in [0.4, 0.5) is 0 Å². The standard InChI is InChI=1S/C12H13N3O3S/c1-4-9-7(3)19-12(14-9)15-10(17)8(6(2)16)5-13-11(15)18/h5H,4H2,1-3H3,(H,13,18). The molecule has 0 fully saturated rings. The van der Waals surface area contributed by atoms with Gasteiger partial charge < -0.3 is 4.98 Å². The maximum atomic E-state index is 12.1. The second-order valence-electron chi connectivity index (χ2n) is 4.06. The monoisotopic (exact) mass is 279 g/mol. The molecular weight excluding hydrogens is 266 g/mol. The highest BCUT2D eigenvalue weighted by molar-refractivity contribution is 7.14. The molecule has 1 N–H and O–H groups in total. The summed E-state index contributed by atoms with van der Waals surface area (Å²) in [5.74, 6) is -0.390. The van der Waals surface area contributed by atoms with Gasteiger partial charge in [-0.15, -0.1) is 11.3 Å². The first-order chi connectivity index (χ1) is 8.95. The smallest absolute Gasteiger partial charge is 0.313 e. The van der Waals surface area contributed by atoms with Crippen molar-refractivity contribution in [3.05, 3.63) is 43.2 Å². The molecule has 0 unspecified atom stereocenters. The molecule has 100 valence electrons. The number of aromatic nitrogens is 3. The van der Waals surface area contributed by atoms with Crippen LogP contribution < -0.4 is 11.2 Å². The Kier molecular flexibility index (Phi) is 3.48. The van der Waals surface area contributed by atoms with E-state index in [9.17, 15) is 14.4 Å². The summed E-state index contributed by atoms with van der Waals surface area (Å²) in [7, 11) is 0. The van der Waals surface area contributed by atoms with Gasteiger partial charge in [-0.3, -0.25) is 9.59 Å². The van der Waals surface area contributed by atoms with Crippen LogP contribution >= 0.6 is 11.3 Å². The van der Waals surface area contributed by atoms with Gasteiger partial charge in [-0.05, 0) is 20.3 Å². The number of ketones is 1. The maximum Gasteiger partial charge on any atom is 0.334 e. The number of carbonyl (C=O) groups is 1. The zero-order valence-electron chi connectivity index (χ0n) is 10.8. The van der Waals surface area contributed by atoms with E-state index in [1.165, 1.54) is 18.3 Å². The fourth-order valence-corrected chi connectivity index (χ4v) is 2.73. The van der Waals surface area contributed by atoms with Crippen LogP contribution in [0.5, 0.6) is 0 Å². The largest absolute Gasteiger partial charge is 0.334 e. The number of carbonyl (C=O) groups excluding carboxylic acids is 1. The summed E-state index contributed by atoms with van der Waals surface area (Å²) in [6, 6.07) is 0. The first kappa shape index (κ1) is 13.4. The molecule has 2 aromatic rings. The van der Waals surface area contributed by atoms with E-state index in [2.05, 4.69) is 9.97 Å². The van der Waals surface area contributed by atoms with Crippen LogP contribution in [0.25, 0.3) is 5.13 Å². The minimum Gasteiger partial charge on any atom is -0.313 e. The predicted octanol–water partition coefficient (Wildman–Crippen LogP) is 1.06. The summed E-state index contributed by atoms with van der Waals surface area (Å²) in [6.45, 7) is 5.11. The highest BCUT2D eigenvalue weighted by atomic mass is 32.1. The number of aryl methyl sites for hydroxylation is 2. The quantitative estimate of drug-likeness (QED) is 0.851. The molecule has 0 aliphatic rings. The maximum absolute atomic E-state index is 12.1. The number of thiazole rings is 1. The molecule has 19 heavy (non-hydrogen) atoms. The van der Waals surface area contributed by atoms with Gasteiger partial charge in [0.1, 0.15) is 0 Å². The van der Waals surface area contributed by atoms with E-state index in [0.29, 0.717) is 5.13 Å². The SMILES string of the molecule is CCc1nc(-n2c(=O)[nH]cc(C(C)=O)c2=O)sc1C. The van der Waals surface area contributed by atoms with Gasteiger partial charge in [-0.1, -0.05) is 6.92 Å². The van der Waals surface area contributed by atoms with E-state index >= 15 is 0 Å². The Morgan fingerprint density at radius 3 is 2.68 bits per heavy atom. The number of hydrogen-bond donors (Lipinski definition) is 1. The molecule has 0 atom stereocenters. The van der Waals surface area contributed by atoms with Gasteiger partial charge in [0.15, 0.2) is 5.78 Å². The summed E-state index contributed by atoms with van der Waals surface area (Å²) in [5, 5.41) is 0.295. The number of aromatic amines is 1. The molecule has 0 amide bonds. The molecule has 2 aromatic heterocycles. The van der Waals surface area contributed by atoms with Crippen molar-refractivity contribution in [3.63, 3.8) is 0 Å². The Hall–Kier alpha value is -2.02. The van der Waals surface area contributed by atoms with Crippen LogP contribution in [-0.2, 0) is 6.42 Å². The third-order valence-corrected chi connectivity index (χ3v) is 3.76. The van der Waals surface area contributed by atoms with E-state index < -0.39 is 11.2 Å². The second kappa shape index (κ2) is 4.93. The number of Topliss-reactive ketones (excluding diaryl/α,β-unsaturated/α-hetero) is 1. The molecule has 0 aromatic carbocycles. The lowest BCUT2D eigenvalue weighted by atomic mass is 10.2. The zero-order chi connectivity index (χ0) is 14.2. The second-order valence-corrected chi connectivity index (χ2v) is 5.24. The van der Waals surface area contributed by atoms with Crippen LogP contribution in [0.15, 0.2) is 15.8 Å². The molecular formula is C12H13N3O3S. The highest BCUT2D eigenvalue weighted by Crippen LogP contribution is 2.19. The summed E-state index contributed by atoms with van der Waals surface area (Å²) in [6.07, 6.45) is 1.87. The lowest BCUT2D eigenvalue weighted by Gasteiger charge is -2.01. The zero-order valence-corrected chi connectivity index (χ0v) is 11.6. The number of rotatable bonds is 3. The molecule has 2 rings (SSSR count). The molecule has 0 saturated heterocycles. The fraction of sp³-hybridized carbons (Fsp3) is 0.333. The minimum absolute atomic E-state index is 0.0505. The average Bonchev–Trinajstić information content (AvgIpc) is 2.70. The Morgan fingerprint density at radius 2 is 2.16 bits per heavy atom. The minimum atomic E-state index is -0.632. The molecule has 0 saturated carbocycles. The van der Waals surface area contributed by atoms with Crippen molar-refractivity contribution in [1.82, 2.24) is 14.5 Å². The van der Waals surface area contributed by atoms with Crippen molar-refractivity contribution >= 4 is 17.1 Å². The third-order valence-electron chi connectivity index (χ3n) is 2.76. The van der Waals surface area contributed by atoms with Gasteiger partial charge >= 0.3 is 5.69 Å². The van der Waals surface area contributed by atoms with E-state index in [0.717, 1.165) is 27.8 Å². The number of nitrogens with zero attached hydrogens (tertiary/aromatic N) is 2. The molecule has 0 bridgehead atoms. The van der Waals surface area contributed by atoms with Gasteiger partial charge in [0.2, 0.25) is 5.13 Å². The summed E-state index contributed by atoms with van der Waals surface area (Å²) < 4.78 is 0.910. The first-order valence-corrected chi connectivity index (χ1v) is 6.59. The van der Waals surface area contributed by atoms with Crippen molar-refractivity contribution in [2.75, 3.05) is 0 Å². The Morgan fingerprint density at radius 1 is 1.47 bits per heavy atom. The lowest BCUT2D eigenvalue weighted by Crippen LogP contribution is -2.36. The van der Waals surface area contributed by atoms with E-state index in [1.54, 1.807) is 0 Å². The summed E-state index contributed by atoms with van der Waals surface area (Å²) in [4.78, 5) is 42.9. The van der Waals surface area contributed by atoms with Crippen LogP contribution in [0.2, 0.25) is 0 Å². The Labute approximate surface area is 112 Å². The van der Waals surface area contributed by atoms with Crippen LogP contribution in [0.1, 0.15) is 34.8 Å². The average molecular weight is 279 g/mol.